The van der Waals surface area contributed by atoms with E-state index in [1.165, 1.54) is 16.7 Å². The topological polar surface area (TPSA) is 29.5 Å². The molecule has 4 heteroatoms. The van der Waals surface area contributed by atoms with E-state index in [0.717, 1.165) is 22.3 Å². The van der Waals surface area contributed by atoms with E-state index in [4.69, 9.17) is 16.6 Å². The van der Waals surface area contributed by atoms with Gasteiger partial charge >= 0.3 is 0 Å². The molecule has 2 nitrogen and oxygen atoms in total. The van der Waals surface area contributed by atoms with Crippen molar-refractivity contribution in [1.82, 2.24) is 4.98 Å². The molecule has 0 radical (unpaired) electrons. The van der Waals surface area contributed by atoms with E-state index in [9.17, 15) is 0 Å². The number of hydrogen-bond acceptors (Lipinski definition) is 2. The monoisotopic (exact) mass is 343 g/mol. The Kier molecular flexibility index (Phi) is 5.11. The molecule has 0 aliphatic rings. The molecule has 0 saturated carbocycles. The number of halogens is 1. The third kappa shape index (κ3) is 3.99. The molecule has 1 heterocycles. The molecule has 1 aromatic heterocycles. The zero-order valence-corrected chi connectivity index (χ0v) is 14.9. The number of nitrogens with zero attached hydrogens (tertiary/aromatic N) is 1. The highest BCUT2D eigenvalue weighted by Crippen LogP contribution is 2.24. The van der Waals surface area contributed by atoms with Gasteiger partial charge in [-0.2, -0.15) is 0 Å². The number of aryl methyl sites for hydroxylation is 1. The fraction of sp³-hybridized carbons (Fsp3) is 0.211. The van der Waals surface area contributed by atoms with Crippen molar-refractivity contribution in [2.45, 2.75) is 26.4 Å². The lowest BCUT2D eigenvalue weighted by Crippen LogP contribution is -2.83. The summed E-state index contributed by atoms with van der Waals surface area (Å²) in [6.45, 7) is 5.13. The van der Waals surface area contributed by atoms with Crippen LogP contribution < -0.4 is 5.32 Å². The van der Waals surface area contributed by atoms with Crippen LogP contribution >= 0.6 is 22.9 Å². The van der Waals surface area contributed by atoms with E-state index < -0.39 is 0 Å². The van der Waals surface area contributed by atoms with E-state index in [2.05, 4.69) is 54.9 Å². The molecule has 0 saturated heterocycles. The highest BCUT2D eigenvalue weighted by Gasteiger charge is 2.13. The van der Waals surface area contributed by atoms with Gasteiger partial charge in [-0.25, -0.2) is 4.98 Å². The lowest BCUT2D eigenvalue weighted by Gasteiger charge is -2.11. The van der Waals surface area contributed by atoms with Gasteiger partial charge in [-0.1, -0.05) is 59.6 Å². The zero-order chi connectivity index (χ0) is 16.2. The normalized spacial score (nSPS) is 12.3. The lowest BCUT2D eigenvalue weighted by molar-refractivity contribution is -0.708. The minimum absolute atomic E-state index is 0.313. The summed E-state index contributed by atoms with van der Waals surface area (Å²) < 4.78 is 0. The Morgan fingerprint density at radius 1 is 1.13 bits per heavy atom. The summed E-state index contributed by atoms with van der Waals surface area (Å²) in [5.74, 6) is 0. The molecule has 0 fully saturated rings. The fourth-order valence-electron chi connectivity index (χ4n) is 2.50. The summed E-state index contributed by atoms with van der Waals surface area (Å²) in [5.41, 5.74) is 4.74. The van der Waals surface area contributed by atoms with E-state index in [1.807, 2.05) is 18.2 Å². The van der Waals surface area contributed by atoms with Gasteiger partial charge in [0.2, 0.25) is 0 Å². The van der Waals surface area contributed by atoms with Gasteiger partial charge in [0.1, 0.15) is 23.3 Å². The molecule has 0 unspecified atom stereocenters. The standard InChI is InChI=1S/C19H19ClN2S/c1-13-7-9-15(10-8-13)19-22-16(12-23-19)11-21-14(2)17-5-3-4-6-18(17)20/h3-10,12,14,21H,11H2,1-2H3/p+1/t14-/m1/s1. The van der Waals surface area contributed by atoms with Crippen molar-refractivity contribution >= 4 is 22.9 Å². The Morgan fingerprint density at radius 2 is 1.87 bits per heavy atom. The summed E-state index contributed by atoms with van der Waals surface area (Å²) in [6, 6.07) is 16.9. The van der Waals surface area contributed by atoms with Crippen LogP contribution in [0.4, 0.5) is 0 Å². The molecular weight excluding hydrogens is 324 g/mol. The van der Waals surface area contributed by atoms with Crippen LogP contribution in [0.2, 0.25) is 5.02 Å². The SMILES string of the molecule is Cc1ccc(-c2nc(C[NH2+][C@H](C)c3ccccc3Cl)cs2)cc1. The van der Waals surface area contributed by atoms with Gasteiger partial charge in [0, 0.05) is 21.5 Å². The number of hydrogen-bond donors (Lipinski definition) is 1. The minimum atomic E-state index is 0.313. The van der Waals surface area contributed by atoms with Gasteiger partial charge in [-0.3, -0.25) is 0 Å². The maximum absolute atomic E-state index is 6.26. The average molecular weight is 344 g/mol. The number of quaternary nitrogens is 1. The van der Waals surface area contributed by atoms with Gasteiger partial charge in [0.25, 0.3) is 0 Å². The van der Waals surface area contributed by atoms with E-state index >= 15 is 0 Å². The Morgan fingerprint density at radius 3 is 2.61 bits per heavy atom. The van der Waals surface area contributed by atoms with Gasteiger partial charge in [0.05, 0.1) is 0 Å². The van der Waals surface area contributed by atoms with Crippen molar-refractivity contribution in [1.29, 1.82) is 0 Å². The van der Waals surface area contributed by atoms with Crippen LogP contribution in [0.3, 0.4) is 0 Å². The molecule has 23 heavy (non-hydrogen) atoms. The largest absolute Gasteiger partial charge is 0.335 e. The summed E-state index contributed by atoms with van der Waals surface area (Å²) >= 11 is 7.97. The Balaban J connectivity index is 1.65. The highest BCUT2D eigenvalue weighted by molar-refractivity contribution is 7.13. The van der Waals surface area contributed by atoms with Crippen LogP contribution in [0.5, 0.6) is 0 Å². The van der Waals surface area contributed by atoms with Gasteiger partial charge in [0.15, 0.2) is 0 Å². The van der Waals surface area contributed by atoms with Crippen molar-refractivity contribution in [3.05, 3.63) is 75.8 Å². The highest BCUT2D eigenvalue weighted by atomic mass is 35.5. The van der Waals surface area contributed by atoms with Crippen LogP contribution in [-0.4, -0.2) is 4.98 Å². The molecule has 3 aromatic rings. The van der Waals surface area contributed by atoms with Crippen LogP contribution in [-0.2, 0) is 6.54 Å². The van der Waals surface area contributed by atoms with Crippen molar-refractivity contribution < 1.29 is 5.32 Å². The summed E-state index contributed by atoms with van der Waals surface area (Å²) in [6.07, 6.45) is 0. The third-order valence-electron chi connectivity index (χ3n) is 3.93. The third-order valence-corrected chi connectivity index (χ3v) is 5.21. The maximum Gasteiger partial charge on any atom is 0.123 e. The lowest BCUT2D eigenvalue weighted by atomic mass is 10.1. The van der Waals surface area contributed by atoms with Crippen molar-refractivity contribution in [3.8, 4) is 10.6 Å². The van der Waals surface area contributed by atoms with Crippen LogP contribution in [0.15, 0.2) is 53.9 Å². The Labute approximate surface area is 146 Å². The fourth-order valence-corrected chi connectivity index (χ4v) is 3.64. The first-order valence-electron chi connectivity index (χ1n) is 7.72. The molecule has 0 spiro atoms. The minimum Gasteiger partial charge on any atom is -0.335 e. The molecule has 0 bridgehead atoms. The summed E-state index contributed by atoms with van der Waals surface area (Å²) in [7, 11) is 0. The van der Waals surface area contributed by atoms with Gasteiger partial charge in [-0.05, 0) is 19.9 Å². The summed E-state index contributed by atoms with van der Waals surface area (Å²) in [5, 5.41) is 6.33. The average Bonchev–Trinajstić information content (AvgIpc) is 3.03. The molecule has 0 aliphatic carbocycles. The number of nitrogens with two attached hydrogens (primary N) is 1. The van der Waals surface area contributed by atoms with Crippen molar-refractivity contribution in [2.24, 2.45) is 0 Å². The quantitative estimate of drug-likeness (QED) is 0.721. The molecule has 118 valence electrons. The molecule has 2 N–H and O–H groups in total. The van der Waals surface area contributed by atoms with Crippen molar-refractivity contribution in [3.63, 3.8) is 0 Å². The Bertz CT molecular complexity index is 780. The number of aromatic nitrogens is 1. The number of rotatable bonds is 5. The van der Waals surface area contributed by atoms with E-state index in [0.29, 0.717) is 6.04 Å². The van der Waals surface area contributed by atoms with Crippen LogP contribution in [0.1, 0.15) is 29.8 Å². The summed E-state index contributed by atoms with van der Waals surface area (Å²) in [4.78, 5) is 4.75. The van der Waals surface area contributed by atoms with Gasteiger partial charge < -0.3 is 5.32 Å². The predicted octanol–water partition coefficient (Wildman–Crippen LogP) is 4.60. The smallest absolute Gasteiger partial charge is 0.123 e. The maximum atomic E-state index is 6.26. The number of benzene rings is 2. The number of thiazole rings is 1. The molecular formula is C19H20ClN2S+. The van der Waals surface area contributed by atoms with Gasteiger partial charge in [-0.15, -0.1) is 11.3 Å². The molecule has 3 rings (SSSR count). The molecule has 0 aliphatic heterocycles. The Hall–Kier alpha value is -1.68. The van der Waals surface area contributed by atoms with E-state index in [1.54, 1.807) is 11.3 Å². The first kappa shape index (κ1) is 16.2. The second kappa shape index (κ2) is 7.26. The van der Waals surface area contributed by atoms with Crippen molar-refractivity contribution in [2.75, 3.05) is 0 Å². The first-order chi connectivity index (χ1) is 11.1. The van der Waals surface area contributed by atoms with Crippen LogP contribution in [0.25, 0.3) is 10.6 Å². The second-order valence-electron chi connectivity index (χ2n) is 5.76. The first-order valence-corrected chi connectivity index (χ1v) is 8.98. The predicted molar refractivity (Wildman–Crippen MR) is 97.8 cm³/mol. The molecule has 2 aromatic carbocycles. The van der Waals surface area contributed by atoms with Crippen LogP contribution in [0, 0.1) is 6.92 Å². The van der Waals surface area contributed by atoms with E-state index in [-0.39, 0.29) is 0 Å². The molecule has 0 amide bonds. The molecule has 1 atom stereocenters. The zero-order valence-electron chi connectivity index (χ0n) is 13.3. The second-order valence-corrected chi connectivity index (χ2v) is 7.03.